The number of nitrogens with zero attached hydrogens (tertiary/aromatic N) is 7. The van der Waals surface area contributed by atoms with Gasteiger partial charge in [0.25, 0.3) is 0 Å². The van der Waals surface area contributed by atoms with Crippen molar-refractivity contribution < 1.29 is 42.1 Å². The van der Waals surface area contributed by atoms with E-state index >= 15 is 0 Å². The fraction of sp³-hybridized carbons (Fsp3) is 0.714. The van der Waals surface area contributed by atoms with Crippen LogP contribution in [-0.2, 0) is 33.2 Å². The molecule has 57 heavy (non-hydrogen) atoms. The molecule has 0 radical (unpaired) electrons. The molecule has 0 saturated heterocycles. The van der Waals surface area contributed by atoms with Crippen molar-refractivity contribution in [2.24, 2.45) is 10.2 Å². The lowest BCUT2D eigenvalue weighted by Crippen LogP contribution is -2.44. The summed E-state index contributed by atoms with van der Waals surface area (Å²) in [5.41, 5.74) is 3.49. The Bertz CT molecular complexity index is 1560. The Kier molecular flexibility index (Phi) is 23.0. The Morgan fingerprint density at radius 1 is 0.667 bits per heavy atom. The Morgan fingerprint density at radius 3 is 1.60 bits per heavy atom. The highest BCUT2D eigenvalue weighted by molar-refractivity contribution is 7.16. The summed E-state index contributed by atoms with van der Waals surface area (Å²) in [7, 11) is 12.9. The number of azo groups is 1. The molecule has 15 heteroatoms. The van der Waals surface area contributed by atoms with Crippen LogP contribution >= 0.6 is 11.3 Å². The van der Waals surface area contributed by atoms with Crippen molar-refractivity contribution in [2.45, 2.75) is 66.0 Å². The SMILES string of the molecule is Cc1cc(N(CC(COC(C)C)OCCOCCOCC[N+](C)(C)C)CC(COC(C)C)OCCOCC[N+](C)(C)C)ccc1N=Nc1sc(C#N)c(C)c1C#N. The van der Waals surface area contributed by atoms with Crippen molar-refractivity contribution in [1.82, 2.24) is 0 Å². The van der Waals surface area contributed by atoms with Crippen LogP contribution in [0.5, 0.6) is 0 Å². The quantitative estimate of drug-likeness (QED) is 0.0494. The molecule has 0 amide bonds. The number of ether oxygens (including phenoxy) is 7. The Morgan fingerprint density at radius 2 is 1.16 bits per heavy atom. The second-order valence-corrected chi connectivity index (χ2v) is 17.6. The molecule has 0 aliphatic heterocycles. The Hall–Kier alpha value is -3.06. The lowest BCUT2D eigenvalue weighted by atomic mass is 10.1. The molecule has 1 heterocycles. The summed E-state index contributed by atoms with van der Waals surface area (Å²) in [5, 5.41) is 28.5. The van der Waals surface area contributed by atoms with Gasteiger partial charge in [0.2, 0.25) is 0 Å². The van der Waals surface area contributed by atoms with Crippen molar-refractivity contribution in [1.29, 1.82) is 10.5 Å². The van der Waals surface area contributed by atoms with Crippen LogP contribution in [0.4, 0.5) is 16.4 Å². The average Bonchev–Trinajstić information content (AvgIpc) is 3.44. The largest absolute Gasteiger partial charge is 0.377 e. The second-order valence-electron chi connectivity index (χ2n) is 16.7. The third-order valence-electron chi connectivity index (χ3n) is 8.56. The first kappa shape index (κ1) is 50.1. The molecule has 2 rings (SSSR count). The molecule has 14 nitrogen and oxygen atoms in total. The molecule has 0 N–H and O–H groups in total. The molecular formula is C42H71N7O7S+2. The zero-order chi connectivity index (χ0) is 42.4. The lowest BCUT2D eigenvalue weighted by Gasteiger charge is -2.33. The predicted octanol–water partition coefficient (Wildman–Crippen LogP) is 6.41. The van der Waals surface area contributed by atoms with E-state index in [9.17, 15) is 10.5 Å². The number of anilines is 1. The fourth-order valence-electron chi connectivity index (χ4n) is 5.19. The van der Waals surface area contributed by atoms with E-state index in [1.54, 1.807) is 6.92 Å². The van der Waals surface area contributed by atoms with E-state index in [4.69, 9.17) is 33.2 Å². The first-order valence-corrected chi connectivity index (χ1v) is 20.8. The monoisotopic (exact) mass is 818 g/mol. The van der Waals surface area contributed by atoms with E-state index in [2.05, 4.69) is 75.6 Å². The molecule has 0 aliphatic rings. The number of rotatable bonds is 30. The van der Waals surface area contributed by atoms with Gasteiger partial charge in [0.15, 0.2) is 5.00 Å². The zero-order valence-electron chi connectivity index (χ0n) is 36.8. The fourth-order valence-corrected chi connectivity index (χ4v) is 6.06. The number of benzene rings is 1. The summed E-state index contributed by atoms with van der Waals surface area (Å²) < 4.78 is 44.2. The van der Waals surface area contributed by atoms with Crippen LogP contribution in [-0.4, -0.2) is 168 Å². The van der Waals surface area contributed by atoms with Crippen molar-refractivity contribution in [3.05, 3.63) is 39.8 Å². The molecular weight excluding hydrogens is 747 g/mol. The smallest absolute Gasteiger partial charge is 0.158 e. The molecule has 0 fully saturated rings. The molecule has 0 bridgehead atoms. The second kappa shape index (κ2) is 26.1. The molecule has 2 atom stereocenters. The number of quaternary nitrogens is 2. The molecule has 2 aromatic rings. The van der Waals surface area contributed by atoms with Crippen LogP contribution in [0.3, 0.4) is 0 Å². The first-order valence-electron chi connectivity index (χ1n) is 19.9. The Balaban J connectivity index is 2.30. The Labute approximate surface area is 347 Å². The van der Waals surface area contributed by atoms with Gasteiger partial charge in [0, 0.05) is 18.8 Å². The highest BCUT2D eigenvalue weighted by Gasteiger charge is 2.23. The molecule has 320 valence electrons. The van der Waals surface area contributed by atoms with Crippen LogP contribution in [0.25, 0.3) is 0 Å². The third kappa shape index (κ3) is 21.5. The van der Waals surface area contributed by atoms with Crippen LogP contribution in [0.15, 0.2) is 28.4 Å². The normalized spacial score (nSPS) is 13.4. The van der Waals surface area contributed by atoms with Crippen molar-refractivity contribution in [3.63, 3.8) is 0 Å². The summed E-state index contributed by atoms with van der Waals surface area (Å²) in [5.74, 6) is 0. The minimum Gasteiger partial charge on any atom is -0.377 e. The van der Waals surface area contributed by atoms with E-state index in [0.717, 1.165) is 33.3 Å². The number of thiophene rings is 1. The van der Waals surface area contributed by atoms with Gasteiger partial charge in [-0.2, -0.15) is 10.5 Å². The van der Waals surface area contributed by atoms with Crippen LogP contribution in [0.2, 0.25) is 0 Å². The van der Waals surface area contributed by atoms with Crippen LogP contribution in [0, 0.1) is 36.5 Å². The maximum atomic E-state index is 9.68. The van der Waals surface area contributed by atoms with Gasteiger partial charge >= 0.3 is 0 Å². The summed E-state index contributed by atoms with van der Waals surface area (Å²) >= 11 is 1.17. The number of aryl methyl sites for hydroxylation is 1. The molecule has 1 aromatic heterocycles. The van der Waals surface area contributed by atoms with Gasteiger partial charge < -0.3 is 47.0 Å². The van der Waals surface area contributed by atoms with E-state index in [0.29, 0.717) is 106 Å². The molecule has 0 saturated carbocycles. The number of likely N-dealkylation sites (N-methyl/N-ethyl adjacent to an activating group) is 2. The summed E-state index contributed by atoms with van der Waals surface area (Å²) in [4.78, 5) is 2.70. The summed E-state index contributed by atoms with van der Waals surface area (Å²) in [6.07, 6.45) is -0.472. The number of hydrogen-bond donors (Lipinski definition) is 0. The number of hydrogen-bond acceptors (Lipinski definition) is 13. The molecule has 0 aliphatic carbocycles. The van der Waals surface area contributed by atoms with Crippen LogP contribution < -0.4 is 4.90 Å². The lowest BCUT2D eigenvalue weighted by molar-refractivity contribution is -0.870. The molecule has 1 aromatic carbocycles. The average molecular weight is 818 g/mol. The van der Waals surface area contributed by atoms with Gasteiger partial charge in [-0.3, -0.25) is 0 Å². The van der Waals surface area contributed by atoms with Crippen molar-refractivity contribution in [2.75, 3.05) is 139 Å². The highest BCUT2D eigenvalue weighted by Crippen LogP contribution is 2.36. The van der Waals surface area contributed by atoms with E-state index in [1.807, 2.05) is 46.8 Å². The summed E-state index contributed by atoms with van der Waals surface area (Å²) in [6.45, 7) is 19.6. The van der Waals surface area contributed by atoms with Gasteiger partial charge in [-0.05, 0) is 70.9 Å². The van der Waals surface area contributed by atoms with Gasteiger partial charge in [-0.1, -0.05) is 0 Å². The minimum atomic E-state index is -0.275. The molecule has 2 unspecified atom stereocenters. The van der Waals surface area contributed by atoms with Crippen LogP contribution in [0.1, 0.15) is 49.3 Å². The van der Waals surface area contributed by atoms with Gasteiger partial charge in [-0.25, -0.2) is 0 Å². The first-order chi connectivity index (χ1) is 26.9. The van der Waals surface area contributed by atoms with Gasteiger partial charge in [0.1, 0.15) is 30.1 Å². The zero-order valence-corrected chi connectivity index (χ0v) is 37.7. The highest BCUT2D eigenvalue weighted by atomic mass is 32.1. The minimum absolute atomic E-state index is 0.0297. The van der Waals surface area contributed by atoms with E-state index in [-0.39, 0.29) is 24.4 Å². The number of nitriles is 2. The third-order valence-corrected chi connectivity index (χ3v) is 9.64. The maximum absolute atomic E-state index is 9.68. The standard InChI is InChI=1S/C42H71N7O7S/c1-32(2)55-30-37(53-23-21-51-18-16-49(10,11)12)28-47(29-38(31-56-33(3)4)54-24-22-52-20-19-50-17-15-48(7,8)9)36-13-14-40(34(5)25-36)45-46-42-39(26-43)35(6)41(27-44)57-42/h13-14,25,32-33,37-38H,15-24,28-31H2,1-12H3/q+2. The van der Waals surface area contributed by atoms with Gasteiger partial charge in [0.05, 0.1) is 144 Å². The topological polar surface area (TPSA) is 140 Å². The maximum Gasteiger partial charge on any atom is 0.158 e. The van der Waals surface area contributed by atoms with E-state index < -0.39 is 0 Å². The molecule has 0 spiro atoms. The van der Waals surface area contributed by atoms with Crippen molar-refractivity contribution in [3.8, 4) is 12.1 Å². The van der Waals surface area contributed by atoms with Crippen molar-refractivity contribution >= 4 is 27.7 Å². The van der Waals surface area contributed by atoms with Gasteiger partial charge in [-0.15, -0.1) is 21.6 Å². The summed E-state index contributed by atoms with van der Waals surface area (Å²) in [6, 6.07) is 10.3. The van der Waals surface area contributed by atoms with E-state index in [1.165, 1.54) is 11.3 Å². The predicted molar refractivity (Wildman–Crippen MR) is 226 cm³/mol.